The minimum Gasteiger partial charge on any atom is -0.394 e. The molecule has 0 bridgehead atoms. The standard InChI is InChI=1S/C21H25F2N3O4/c1-26(11-13-5-3-2-4-6-13)19-17(30-18(12-27)20(19)28)10-24-21(29)25-16-8-7-14(22)9-15(16)23/h2-9,17-20,27-28H,10-12H2,1H3,(H2,24,25,29)/t17-,18+,19+,20-/m1/s1. The molecule has 2 aromatic carbocycles. The van der Waals surface area contributed by atoms with Crippen LogP contribution in [0.1, 0.15) is 5.56 Å². The first-order valence-electron chi connectivity index (χ1n) is 9.57. The van der Waals surface area contributed by atoms with Crippen molar-refractivity contribution in [1.29, 1.82) is 0 Å². The number of nitrogens with zero attached hydrogens (tertiary/aromatic N) is 1. The molecule has 4 atom stereocenters. The molecule has 1 aliphatic heterocycles. The van der Waals surface area contributed by atoms with E-state index in [1.807, 2.05) is 42.3 Å². The van der Waals surface area contributed by atoms with E-state index in [4.69, 9.17) is 4.74 Å². The van der Waals surface area contributed by atoms with Crippen molar-refractivity contribution in [3.05, 3.63) is 65.7 Å². The molecule has 0 spiro atoms. The number of benzene rings is 2. The summed E-state index contributed by atoms with van der Waals surface area (Å²) in [5, 5.41) is 25.0. The number of aliphatic hydroxyl groups is 2. The molecule has 4 N–H and O–H groups in total. The Bertz CT molecular complexity index is 855. The Labute approximate surface area is 173 Å². The number of hydrogen-bond acceptors (Lipinski definition) is 5. The molecule has 3 rings (SSSR count). The summed E-state index contributed by atoms with van der Waals surface area (Å²) >= 11 is 0. The van der Waals surface area contributed by atoms with E-state index in [1.165, 1.54) is 0 Å². The molecule has 2 amide bonds. The molecule has 7 nitrogen and oxygen atoms in total. The SMILES string of the molecule is CN(Cc1ccccc1)[C@@H]1[C@H](O)[C@H](CO)O[C@@H]1CNC(=O)Nc1ccc(F)cc1F. The van der Waals surface area contributed by atoms with Gasteiger partial charge in [0.1, 0.15) is 23.8 Å². The first-order chi connectivity index (χ1) is 14.4. The topological polar surface area (TPSA) is 94.1 Å². The van der Waals surface area contributed by atoms with Crippen LogP contribution in [0, 0.1) is 11.6 Å². The number of likely N-dealkylation sites (N-methyl/N-ethyl adjacent to an activating group) is 1. The molecule has 1 saturated heterocycles. The van der Waals surface area contributed by atoms with Crippen LogP contribution in [-0.2, 0) is 11.3 Å². The van der Waals surface area contributed by atoms with Gasteiger partial charge in [0, 0.05) is 19.2 Å². The van der Waals surface area contributed by atoms with E-state index in [0.29, 0.717) is 12.6 Å². The monoisotopic (exact) mass is 421 g/mol. The number of urea groups is 1. The number of carbonyl (C=O) groups excluding carboxylic acids is 1. The van der Waals surface area contributed by atoms with Crippen LogP contribution < -0.4 is 10.6 Å². The van der Waals surface area contributed by atoms with Crippen molar-refractivity contribution in [2.75, 3.05) is 25.5 Å². The van der Waals surface area contributed by atoms with Crippen LogP contribution in [0.3, 0.4) is 0 Å². The van der Waals surface area contributed by atoms with Crippen LogP contribution >= 0.6 is 0 Å². The number of anilines is 1. The van der Waals surface area contributed by atoms with Gasteiger partial charge < -0.3 is 25.6 Å². The summed E-state index contributed by atoms with van der Waals surface area (Å²) in [4.78, 5) is 14.0. The van der Waals surface area contributed by atoms with Gasteiger partial charge >= 0.3 is 6.03 Å². The molecule has 30 heavy (non-hydrogen) atoms. The number of hydrogen-bond donors (Lipinski definition) is 4. The summed E-state index contributed by atoms with van der Waals surface area (Å²) in [6.07, 6.45) is -2.33. The number of carbonyl (C=O) groups is 1. The Kier molecular flexibility index (Phi) is 7.33. The van der Waals surface area contributed by atoms with Crippen LogP contribution in [0.2, 0.25) is 0 Å². The number of ether oxygens (including phenoxy) is 1. The van der Waals surface area contributed by atoms with Crippen LogP contribution in [0.15, 0.2) is 48.5 Å². The first-order valence-corrected chi connectivity index (χ1v) is 9.57. The van der Waals surface area contributed by atoms with Crippen molar-refractivity contribution >= 4 is 11.7 Å². The Morgan fingerprint density at radius 1 is 1.17 bits per heavy atom. The zero-order chi connectivity index (χ0) is 21.7. The molecule has 1 aliphatic rings. The van der Waals surface area contributed by atoms with Crippen LogP contribution in [0.5, 0.6) is 0 Å². The van der Waals surface area contributed by atoms with Gasteiger partial charge in [0.25, 0.3) is 0 Å². The van der Waals surface area contributed by atoms with E-state index in [9.17, 15) is 23.8 Å². The summed E-state index contributed by atoms with van der Waals surface area (Å²) in [5.74, 6) is -1.63. The molecule has 0 aromatic heterocycles. The lowest BCUT2D eigenvalue weighted by Crippen LogP contribution is -2.49. The van der Waals surface area contributed by atoms with Gasteiger partial charge in [0.15, 0.2) is 0 Å². The second-order valence-corrected chi connectivity index (χ2v) is 7.24. The van der Waals surface area contributed by atoms with E-state index in [-0.39, 0.29) is 18.8 Å². The fourth-order valence-corrected chi connectivity index (χ4v) is 3.62. The summed E-state index contributed by atoms with van der Waals surface area (Å²) in [6, 6.07) is 11.3. The van der Waals surface area contributed by atoms with Crippen molar-refractivity contribution in [2.24, 2.45) is 0 Å². The molecule has 9 heteroatoms. The highest BCUT2D eigenvalue weighted by Crippen LogP contribution is 2.26. The molecular formula is C21H25F2N3O4. The van der Waals surface area contributed by atoms with Gasteiger partial charge in [-0.1, -0.05) is 30.3 Å². The quantitative estimate of drug-likeness (QED) is 0.546. The molecule has 162 valence electrons. The van der Waals surface area contributed by atoms with Gasteiger partial charge in [-0.15, -0.1) is 0 Å². The number of aliphatic hydroxyl groups excluding tert-OH is 2. The molecule has 0 saturated carbocycles. The second kappa shape index (κ2) is 9.94. The fraction of sp³-hybridized carbons (Fsp3) is 0.381. The second-order valence-electron chi connectivity index (χ2n) is 7.24. The van der Waals surface area contributed by atoms with Crippen molar-refractivity contribution < 1.29 is 28.5 Å². The van der Waals surface area contributed by atoms with E-state index >= 15 is 0 Å². The molecule has 1 fully saturated rings. The van der Waals surface area contributed by atoms with Crippen LogP contribution in [0.25, 0.3) is 0 Å². The molecule has 0 radical (unpaired) electrons. The average Bonchev–Trinajstić information content (AvgIpc) is 3.05. The third-order valence-electron chi connectivity index (χ3n) is 5.07. The van der Waals surface area contributed by atoms with E-state index in [2.05, 4.69) is 10.6 Å². The third-order valence-corrected chi connectivity index (χ3v) is 5.07. The number of halogens is 2. The maximum atomic E-state index is 13.7. The highest BCUT2D eigenvalue weighted by Gasteiger charge is 2.45. The van der Waals surface area contributed by atoms with Gasteiger partial charge in [-0.25, -0.2) is 13.6 Å². The van der Waals surface area contributed by atoms with Crippen molar-refractivity contribution in [1.82, 2.24) is 10.2 Å². The van der Waals surface area contributed by atoms with Gasteiger partial charge in [0.05, 0.1) is 24.4 Å². The van der Waals surface area contributed by atoms with E-state index < -0.39 is 42.0 Å². The maximum absolute atomic E-state index is 13.7. The minimum atomic E-state index is -0.951. The average molecular weight is 421 g/mol. The van der Waals surface area contributed by atoms with Crippen LogP contribution in [-0.4, -0.2) is 65.7 Å². The highest BCUT2D eigenvalue weighted by atomic mass is 19.1. The molecule has 2 aromatic rings. The summed E-state index contributed by atoms with van der Waals surface area (Å²) in [7, 11) is 1.82. The lowest BCUT2D eigenvalue weighted by Gasteiger charge is -2.30. The fourth-order valence-electron chi connectivity index (χ4n) is 3.62. The van der Waals surface area contributed by atoms with Crippen molar-refractivity contribution in [3.8, 4) is 0 Å². The molecular weight excluding hydrogens is 396 g/mol. The predicted molar refractivity (Wildman–Crippen MR) is 107 cm³/mol. The number of rotatable bonds is 7. The van der Waals surface area contributed by atoms with Gasteiger partial charge in [-0.2, -0.15) is 0 Å². The summed E-state index contributed by atoms with van der Waals surface area (Å²) < 4.78 is 32.4. The maximum Gasteiger partial charge on any atom is 0.319 e. The Morgan fingerprint density at radius 3 is 2.57 bits per heavy atom. The molecule has 1 heterocycles. The third kappa shape index (κ3) is 5.31. The zero-order valence-electron chi connectivity index (χ0n) is 16.5. The smallest absolute Gasteiger partial charge is 0.319 e. The molecule has 0 unspecified atom stereocenters. The highest BCUT2D eigenvalue weighted by molar-refractivity contribution is 5.89. The Morgan fingerprint density at radius 2 is 1.90 bits per heavy atom. The van der Waals surface area contributed by atoms with E-state index in [0.717, 1.165) is 17.7 Å². The zero-order valence-corrected chi connectivity index (χ0v) is 16.5. The van der Waals surface area contributed by atoms with Crippen molar-refractivity contribution in [3.63, 3.8) is 0 Å². The van der Waals surface area contributed by atoms with Gasteiger partial charge in [-0.05, 0) is 24.7 Å². The predicted octanol–water partition coefficient (Wildman–Crippen LogP) is 1.71. The normalized spacial score (nSPS) is 23.5. The number of amides is 2. The lowest BCUT2D eigenvalue weighted by atomic mass is 10.0. The largest absolute Gasteiger partial charge is 0.394 e. The first kappa shape index (κ1) is 22.1. The Hall–Kier alpha value is -2.59. The number of nitrogens with one attached hydrogen (secondary N) is 2. The van der Waals surface area contributed by atoms with Gasteiger partial charge in [0.2, 0.25) is 0 Å². The Balaban J connectivity index is 1.62. The summed E-state index contributed by atoms with van der Waals surface area (Å²) in [6.45, 7) is 0.194. The summed E-state index contributed by atoms with van der Waals surface area (Å²) in [5.41, 5.74) is 0.878. The van der Waals surface area contributed by atoms with Gasteiger partial charge in [-0.3, -0.25) is 4.90 Å². The van der Waals surface area contributed by atoms with E-state index in [1.54, 1.807) is 0 Å². The lowest BCUT2D eigenvalue weighted by molar-refractivity contribution is -0.0205. The van der Waals surface area contributed by atoms with Crippen LogP contribution in [0.4, 0.5) is 19.3 Å². The molecule has 0 aliphatic carbocycles. The minimum absolute atomic E-state index is 0.0198. The van der Waals surface area contributed by atoms with Crippen molar-refractivity contribution in [2.45, 2.75) is 30.9 Å².